The van der Waals surface area contributed by atoms with Crippen molar-refractivity contribution in [3.8, 4) is 0 Å². The fourth-order valence-electron chi connectivity index (χ4n) is 2.65. The molecule has 0 spiro atoms. The summed E-state index contributed by atoms with van der Waals surface area (Å²) in [6, 6.07) is 14.2. The molecule has 0 saturated heterocycles. The molecule has 0 heterocycles. The van der Waals surface area contributed by atoms with Gasteiger partial charge in [-0.05, 0) is 41.7 Å². The molecular formula is C16H13Cl3. The van der Waals surface area contributed by atoms with E-state index in [2.05, 4.69) is 24.3 Å². The largest absolute Gasteiger partial charge is 0.122 e. The zero-order valence-corrected chi connectivity index (χ0v) is 12.5. The van der Waals surface area contributed by atoms with Crippen molar-refractivity contribution in [2.24, 2.45) is 0 Å². The molecule has 3 rings (SSSR count). The Morgan fingerprint density at radius 1 is 1.05 bits per heavy atom. The lowest BCUT2D eigenvalue weighted by atomic mass is 9.74. The van der Waals surface area contributed by atoms with Gasteiger partial charge < -0.3 is 0 Å². The van der Waals surface area contributed by atoms with Crippen LogP contribution in [0.4, 0.5) is 0 Å². The van der Waals surface area contributed by atoms with Crippen LogP contribution in [-0.2, 0) is 12.8 Å². The highest BCUT2D eigenvalue weighted by molar-refractivity contribution is 6.42. The molecular weight excluding hydrogens is 299 g/mol. The molecule has 2 aromatic carbocycles. The van der Waals surface area contributed by atoms with Gasteiger partial charge in [-0.2, -0.15) is 0 Å². The second-order valence-electron chi connectivity index (χ2n) is 4.98. The predicted molar refractivity (Wildman–Crippen MR) is 82.7 cm³/mol. The van der Waals surface area contributed by atoms with Gasteiger partial charge in [0.25, 0.3) is 0 Å². The van der Waals surface area contributed by atoms with Gasteiger partial charge in [-0.15, -0.1) is 11.6 Å². The highest BCUT2D eigenvalue weighted by atomic mass is 35.5. The monoisotopic (exact) mass is 310 g/mol. The summed E-state index contributed by atoms with van der Waals surface area (Å²) >= 11 is 18.5. The first-order chi connectivity index (χ1) is 9.15. The van der Waals surface area contributed by atoms with E-state index in [9.17, 15) is 0 Å². The summed E-state index contributed by atoms with van der Waals surface area (Å²) in [7, 11) is 0. The van der Waals surface area contributed by atoms with E-state index >= 15 is 0 Å². The molecule has 0 aromatic heterocycles. The Bertz CT molecular complexity index is 607. The van der Waals surface area contributed by atoms with E-state index in [1.54, 1.807) is 0 Å². The summed E-state index contributed by atoms with van der Waals surface area (Å²) in [5.41, 5.74) is 3.95. The third-order valence-electron chi connectivity index (χ3n) is 3.75. The van der Waals surface area contributed by atoms with Crippen LogP contribution in [0, 0.1) is 0 Å². The van der Waals surface area contributed by atoms with Crippen LogP contribution in [0.5, 0.6) is 0 Å². The van der Waals surface area contributed by atoms with E-state index < -0.39 is 0 Å². The van der Waals surface area contributed by atoms with Crippen molar-refractivity contribution in [3.05, 3.63) is 69.2 Å². The van der Waals surface area contributed by atoms with Gasteiger partial charge in [-0.3, -0.25) is 0 Å². The van der Waals surface area contributed by atoms with Crippen molar-refractivity contribution < 1.29 is 0 Å². The van der Waals surface area contributed by atoms with E-state index in [1.807, 2.05) is 18.2 Å². The van der Waals surface area contributed by atoms with Crippen molar-refractivity contribution in [2.45, 2.75) is 24.1 Å². The second kappa shape index (κ2) is 5.36. The Morgan fingerprint density at radius 3 is 2.58 bits per heavy atom. The van der Waals surface area contributed by atoms with Gasteiger partial charge in [0.2, 0.25) is 0 Å². The minimum atomic E-state index is 0.104. The van der Waals surface area contributed by atoms with Crippen LogP contribution in [0.25, 0.3) is 0 Å². The zero-order valence-electron chi connectivity index (χ0n) is 10.2. The smallest absolute Gasteiger partial charge is 0.0595 e. The first kappa shape index (κ1) is 13.3. The predicted octanol–water partition coefficient (Wildman–Crippen LogP) is 5.48. The van der Waals surface area contributed by atoms with E-state index in [0.29, 0.717) is 16.0 Å². The summed E-state index contributed by atoms with van der Waals surface area (Å²) in [6.45, 7) is 0. The molecule has 0 radical (unpaired) electrons. The molecule has 0 amide bonds. The van der Waals surface area contributed by atoms with Gasteiger partial charge in [-0.25, -0.2) is 0 Å². The molecule has 0 N–H and O–H groups in total. The molecule has 1 aliphatic carbocycles. The van der Waals surface area contributed by atoms with Crippen LogP contribution in [0.3, 0.4) is 0 Å². The third-order valence-corrected chi connectivity index (χ3v) is 4.94. The summed E-state index contributed by atoms with van der Waals surface area (Å²) in [4.78, 5) is 0. The second-order valence-corrected chi connectivity index (χ2v) is 6.35. The van der Waals surface area contributed by atoms with Gasteiger partial charge in [0.15, 0.2) is 0 Å². The summed E-state index contributed by atoms with van der Waals surface area (Å²) < 4.78 is 0. The standard InChI is InChI=1S/C16H13Cl3/c17-14-6-5-10(8-16(14)19)7-15(18)13-9-11-3-1-2-4-12(11)13/h1-6,8,13,15H,7,9H2. The Balaban J connectivity index is 1.73. The minimum Gasteiger partial charge on any atom is -0.122 e. The molecule has 1 aliphatic rings. The van der Waals surface area contributed by atoms with E-state index in [-0.39, 0.29) is 5.38 Å². The van der Waals surface area contributed by atoms with Crippen LogP contribution in [0.15, 0.2) is 42.5 Å². The molecule has 0 saturated carbocycles. The fourth-order valence-corrected chi connectivity index (χ4v) is 3.38. The first-order valence-electron chi connectivity index (χ1n) is 6.31. The lowest BCUT2D eigenvalue weighted by molar-refractivity contribution is 0.567. The van der Waals surface area contributed by atoms with Gasteiger partial charge in [0, 0.05) is 11.3 Å². The molecule has 2 unspecified atom stereocenters. The van der Waals surface area contributed by atoms with Gasteiger partial charge in [0.05, 0.1) is 10.0 Å². The Hall–Kier alpha value is -0.690. The quantitative estimate of drug-likeness (QED) is 0.658. The minimum absolute atomic E-state index is 0.104. The van der Waals surface area contributed by atoms with Crippen LogP contribution < -0.4 is 0 Å². The molecule has 2 atom stereocenters. The lowest BCUT2D eigenvalue weighted by Crippen LogP contribution is -2.26. The van der Waals surface area contributed by atoms with E-state index in [0.717, 1.165) is 18.4 Å². The van der Waals surface area contributed by atoms with Crippen molar-refractivity contribution in [1.29, 1.82) is 0 Å². The molecule has 0 bridgehead atoms. The summed E-state index contributed by atoms with van der Waals surface area (Å²) in [5, 5.41) is 1.29. The summed E-state index contributed by atoms with van der Waals surface area (Å²) in [5.74, 6) is 0.451. The Morgan fingerprint density at radius 2 is 1.84 bits per heavy atom. The average Bonchev–Trinajstić information content (AvgIpc) is 2.35. The number of rotatable bonds is 3. The number of alkyl halides is 1. The average molecular weight is 312 g/mol. The van der Waals surface area contributed by atoms with Crippen molar-refractivity contribution >= 4 is 34.8 Å². The van der Waals surface area contributed by atoms with Crippen molar-refractivity contribution in [3.63, 3.8) is 0 Å². The highest BCUT2D eigenvalue weighted by Crippen LogP contribution is 2.40. The fraction of sp³-hybridized carbons (Fsp3) is 0.250. The normalized spacial score (nSPS) is 18.6. The molecule has 19 heavy (non-hydrogen) atoms. The van der Waals surface area contributed by atoms with Gasteiger partial charge in [-0.1, -0.05) is 53.5 Å². The molecule has 98 valence electrons. The lowest BCUT2D eigenvalue weighted by Gasteiger charge is -2.33. The Labute approximate surface area is 128 Å². The Kier molecular flexibility index (Phi) is 3.75. The van der Waals surface area contributed by atoms with Crippen molar-refractivity contribution in [1.82, 2.24) is 0 Å². The molecule has 3 heteroatoms. The number of halogens is 3. The molecule has 0 fully saturated rings. The number of hydrogen-bond acceptors (Lipinski definition) is 0. The SMILES string of the molecule is Clc1ccc(CC(Cl)C2Cc3ccccc32)cc1Cl. The number of fused-ring (bicyclic) bond motifs is 1. The van der Waals surface area contributed by atoms with Gasteiger partial charge in [0.1, 0.15) is 0 Å². The molecule has 2 aromatic rings. The van der Waals surface area contributed by atoms with Gasteiger partial charge >= 0.3 is 0 Å². The molecule has 0 nitrogen and oxygen atoms in total. The van der Waals surface area contributed by atoms with Crippen LogP contribution in [-0.4, -0.2) is 5.38 Å². The van der Waals surface area contributed by atoms with Crippen LogP contribution in [0.2, 0.25) is 10.0 Å². The third kappa shape index (κ3) is 2.63. The maximum Gasteiger partial charge on any atom is 0.0595 e. The highest BCUT2D eigenvalue weighted by Gasteiger charge is 2.31. The summed E-state index contributed by atoms with van der Waals surface area (Å²) in [6.07, 6.45) is 1.89. The maximum absolute atomic E-state index is 6.56. The first-order valence-corrected chi connectivity index (χ1v) is 7.50. The van der Waals surface area contributed by atoms with E-state index in [4.69, 9.17) is 34.8 Å². The van der Waals surface area contributed by atoms with E-state index in [1.165, 1.54) is 11.1 Å². The number of benzene rings is 2. The zero-order chi connectivity index (χ0) is 13.4. The van der Waals surface area contributed by atoms with Crippen LogP contribution >= 0.6 is 34.8 Å². The van der Waals surface area contributed by atoms with Crippen LogP contribution in [0.1, 0.15) is 22.6 Å². The topological polar surface area (TPSA) is 0 Å². The van der Waals surface area contributed by atoms with Crippen molar-refractivity contribution in [2.75, 3.05) is 0 Å². The maximum atomic E-state index is 6.56. The number of hydrogen-bond donors (Lipinski definition) is 0. The molecule has 0 aliphatic heterocycles.